The van der Waals surface area contributed by atoms with Gasteiger partial charge in [0.15, 0.2) is 0 Å². The van der Waals surface area contributed by atoms with Gasteiger partial charge in [-0.1, -0.05) is 29.8 Å². The average molecular weight is 297 g/mol. The molecule has 1 aliphatic rings. The first-order valence-electron chi connectivity index (χ1n) is 6.20. The highest BCUT2D eigenvalue weighted by molar-refractivity contribution is 9.10. The summed E-state index contributed by atoms with van der Waals surface area (Å²) in [5.41, 5.74) is 3.21. The van der Waals surface area contributed by atoms with Crippen LogP contribution < -0.4 is 10.2 Å². The minimum Gasteiger partial charge on any atom is -0.371 e. The van der Waals surface area contributed by atoms with Crippen LogP contribution in [0, 0.1) is 5.41 Å². The number of nitrogens with one attached hydrogen (secondary N) is 1. The van der Waals surface area contributed by atoms with Gasteiger partial charge in [-0.05, 0) is 42.6 Å². The highest BCUT2D eigenvalue weighted by Gasteiger charge is 2.30. The number of rotatable bonds is 3. The summed E-state index contributed by atoms with van der Waals surface area (Å²) in [5, 5.41) is 3.25. The van der Waals surface area contributed by atoms with E-state index in [0.29, 0.717) is 5.41 Å². The van der Waals surface area contributed by atoms with Crippen molar-refractivity contribution in [3.05, 3.63) is 28.2 Å². The Labute approximate surface area is 113 Å². The lowest BCUT2D eigenvalue weighted by molar-refractivity contribution is 0.418. The Bertz CT molecular complexity index is 401. The van der Waals surface area contributed by atoms with Crippen molar-refractivity contribution in [3.63, 3.8) is 0 Å². The van der Waals surface area contributed by atoms with E-state index in [1.54, 1.807) is 0 Å². The minimum absolute atomic E-state index is 0.448. The molecule has 0 spiro atoms. The standard InChI is InChI=1S/C14H21BrN2/c1-14(2)6-7-17(10-14)13-5-4-12(15)8-11(13)9-16-3/h4-5,8,16H,6-7,9-10H2,1-3H3. The molecule has 1 aromatic carbocycles. The molecule has 1 heterocycles. The third kappa shape index (κ3) is 3.02. The second-order valence-corrected chi connectivity index (χ2v) is 6.55. The maximum atomic E-state index is 3.55. The highest BCUT2D eigenvalue weighted by Crippen LogP contribution is 2.34. The van der Waals surface area contributed by atoms with E-state index in [4.69, 9.17) is 0 Å². The predicted octanol–water partition coefficient (Wildman–Crippen LogP) is 3.40. The molecule has 1 aliphatic heterocycles. The van der Waals surface area contributed by atoms with Gasteiger partial charge in [-0.2, -0.15) is 0 Å². The zero-order valence-corrected chi connectivity index (χ0v) is 12.5. The number of hydrogen-bond acceptors (Lipinski definition) is 2. The molecule has 0 bridgehead atoms. The van der Waals surface area contributed by atoms with Gasteiger partial charge in [0.05, 0.1) is 0 Å². The van der Waals surface area contributed by atoms with Gasteiger partial charge >= 0.3 is 0 Å². The summed E-state index contributed by atoms with van der Waals surface area (Å²) in [6.07, 6.45) is 1.28. The van der Waals surface area contributed by atoms with E-state index in [1.165, 1.54) is 24.2 Å². The normalized spacial score (nSPS) is 18.7. The smallest absolute Gasteiger partial charge is 0.0412 e. The van der Waals surface area contributed by atoms with Crippen molar-refractivity contribution in [2.75, 3.05) is 25.0 Å². The zero-order valence-electron chi connectivity index (χ0n) is 10.9. The van der Waals surface area contributed by atoms with Gasteiger partial charge in [0.25, 0.3) is 0 Å². The van der Waals surface area contributed by atoms with Crippen molar-refractivity contribution in [3.8, 4) is 0 Å². The van der Waals surface area contributed by atoms with Crippen LogP contribution >= 0.6 is 15.9 Å². The molecule has 0 unspecified atom stereocenters. The molecule has 0 aliphatic carbocycles. The van der Waals surface area contributed by atoms with Gasteiger partial charge in [-0.15, -0.1) is 0 Å². The van der Waals surface area contributed by atoms with Crippen molar-refractivity contribution in [1.29, 1.82) is 0 Å². The molecule has 1 saturated heterocycles. The fraction of sp³-hybridized carbons (Fsp3) is 0.571. The third-order valence-electron chi connectivity index (χ3n) is 3.43. The van der Waals surface area contributed by atoms with Crippen LogP contribution in [0.15, 0.2) is 22.7 Å². The van der Waals surface area contributed by atoms with Crippen molar-refractivity contribution >= 4 is 21.6 Å². The van der Waals surface area contributed by atoms with Gasteiger partial charge < -0.3 is 10.2 Å². The lowest BCUT2D eigenvalue weighted by Crippen LogP contribution is -2.24. The topological polar surface area (TPSA) is 15.3 Å². The zero-order chi connectivity index (χ0) is 12.5. The van der Waals surface area contributed by atoms with E-state index in [-0.39, 0.29) is 0 Å². The Morgan fingerprint density at radius 2 is 2.18 bits per heavy atom. The Balaban J connectivity index is 2.26. The number of halogens is 1. The monoisotopic (exact) mass is 296 g/mol. The molecular weight excluding hydrogens is 276 g/mol. The van der Waals surface area contributed by atoms with Crippen molar-refractivity contribution in [2.24, 2.45) is 5.41 Å². The van der Waals surface area contributed by atoms with Crippen molar-refractivity contribution in [1.82, 2.24) is 5.32 Å². The molecular formula is C14H21BrN2. The van der Waals surface area contributed by atoms with Crippen LogP contribution in [0.1, 0.15) is 25.8 Å². The Kier molecular flexibility index (Phi) is 3.79. The van der Waals surface area contributed by atoms with Gasteiger partial charge in [0.1, 0.15) is 0 Å². The van der Waals surface area contributed by atoms with Gasteiger partial charge in [-0.3, -0.25) is 0 Å². The molecule has 1 N–H and O–H groups in total. The lowest BCUT2D eigenvalue weighted by atomic mass is 9.93. The second kappa shape index (κ2) is 4.99. The number of nitrogens with zero attached hydrogens (tertiary/aromatic N) is 1. The van der Waals surface area contributed by atoms with Crippen LogP contribution in [0.2, 0.25) is 0 Å². The van der Waals surface area contributed by atoms with E-state index >= 15 is 0 Å². The maximum absolute atomic E-state index is 3.55. The predicted molar refractivity (Wildman–Crippen MR) is 77.5 cm³/mol. The number of hydrogen-bond donors (Lipinski definition) is 1. The first kappa shape index (κ1) is 12.9. The van der Waals surface area contributed by atoms with Gasteiger partial charge in [0.2, 0.25) is 0 Å². The van der Waals surface area contributed by atoms with E-state index < -0.39 is 0 Å². The van der Waals surface area contributed by atoms with Crippen LogP contribution in [-0.4, -0.2) is 20.1 Å². The molecule has 0 radical (unpaired) electrons. The van der Waals surface area contributed by atoms with Crippen molar-refractivity contribution < 1.29 is 0 Å². The molecule has 0 atom stereocenters. The molecule has 94 valence electrons. The molecule has 2 nitrogen and oxygen atoms in total. The molecule has 0 amide bonds. The summed E-state index contributed by atoms with van der Waals surface area (Å²) in [6, 6.07) is 6.59. The molecule has 0 saturated carbocycles. The van der Waals surface area contributed by atoms with E-state index in [1.807, 2.05) is 7.05 Å². The first-order chi connectivity index (χ1) is 8.02. The fourth-order valence-corrected chi connectivity index (χ4v) is 2.92. The molecule has 2 rings (SSSR count). The van der Waals surface area contributed by atoms with Crippen LogP contribution in [0.25, 0.3) is 0 Å². The number of benzene rings is 1. The SMILES string of the molecule is CNCc1cc(Br)ccc1N1CCC(C)(C)C1. The van der Waals surface area contributed by atoms with E-state index in [0.717, 1.165) is 17.6 Å². The minimum atomic E-state index is 0.448. The van der Waals surface area contributed by atoms with Gasteiger partial charge in [0, 0.05) is 29.8 Å². The molecule has 3 heteroatoms. The van der Waals surface area contributed by atoms with Gasteiger partial charge in [-0.25, -0.2) is 0 Å². The quantitative estimate of drug-likeness (QED) is 0.920. The van der Waals surface area contributed by atoms with Crippen molar-refractivity contribution in [2.45, 2.75) is 26.8 Å². The van der Waals surface area contributed by atoms with Crippen LogP contribution in [0.3, 0.4) is 0 Å². The summed E-state index contributed by atoms with van der Waals surface area (Å²) in [7, 11) is 2.00. The van der Waals surface area contributed by atoms with Crippen LogP contribution in [0.5, 0.6) is 0 Å². The van der Waals surface area contributed by atoms with E-state index in [9.17, 15) is 0 Å². The molecule has 0 aromatic heterocycles. The second-order valence-electron chi connectivity index (χ2n) is 5.64. The molecule has 17 heavy (non-hydrogen) atoms. The number of anilines is 1. The third-order valence-corrected chi connectivity index (χ3v) is 3.92. The average Bonchev–Trinajstić information content (AvgIpc) is 2.59. The summed E-state index contributed by atoms with van der Waals surface area (Å²) in [4.78, 5) is 2.51. The highest BCUT2D eigenvalue weighted by atomic mass is 79.9. The Morgan fingerprint density at radius 1 is 1.41 bits per heavy atom. The largest absolute Gasteiger partial charge is 0.371 e. The lowest BCUT2D eigenvalue weighted by Gasteiger charge is -2.24. The van der Waals surface area contributed by atoms with E-state index in [2.05, 4.69) is 58.2 Å². The first-order valence-corrected chi connectivity index (χ1v) is 6.99. The maximum Gasteiger partial charge on any atom is 0.0412 e. The molecule has 1 aromatic rings. The summed E-state index contributed by atoms with van der Waals surface area (Å²) in [6.45, 7) is 7.95. The van der Waals surface area contributed by atoms with Crippen LogP contribution in [0.4, 0.5) is 5.69 Å². The fourth-order valence-electron chi connectivity index (χ4n) is 2.51. The molecule has 1 fully saturated rings. The Hall–Kier alpha value is -0.540. The van der Waals surface area contributed by atoms with Crippen LogP contribution in [-0.2, 0) is 6.54 Å². The Morgan fingerprint density at radius 3 is 2.76 bits per heavy atom. The summed E-state index contributed by atoms with van der Waals surface area (Å²) < 4.78 is 1.16. The summed E-state index contributed by atoms with van der Waals surface area (Å²) in [5.74, 6) is 0. The summed E-state index contributed by atoms with van der Waals surface area (Å²) >= 11 is 3.55.